The van der Waals surface area contributed by atoms with Crippen LogP contribution in [0.3, 0.4) is 0 Å². The first-order valence-corrected chi connectivity index (χ1v) is 7.23. The molecular formula is C15H24ClN3O. The molecule has 1 saturated heterocycles. The van der Waals surface area contributed by atoms with Gasteiger partial charge in [0.1, 0.15) is 0 Å². The van der Waals surface area contributed by atoms with Crippen molar-refractivity contribution in [3.8, 4) is 0 Å². The summed E-state index contributed by atoms with van der Waals surface area (Å²) in [5, 5.41) is 3.36. The summed E-state index contributed by atoms with van der Waals surface area (Å²) in [5.41, 5.74) is 1.12. The third kappa shape index (κ3) is 4.46. The number of aromatic nitrogens is 1. The molecule has 0 bridgehead atoms. The first kappa shape index (κ1) is 16.9. The average molecular weight is 298 g/mol. The zero-order valence-corrected chi connectivity index (χ0v) is 12.9. The molecule has 0 radical (unpaired) electrons. The second kappa shape index (κ2) is 8.93. The minimum atomic E-state index is 0. The van der Waals surface area contributed by atoms with Crippen molar-refractivity contribution in [1.29, 1.82) is 0 Å². The number of nitrogens with zero attached hydrogens (tertiary/aromatic N) is 2. The van der Waals surface area contributed by atoms with E-state index in [4.69, 9.17) is 0 Å². The van der Waals surface area contributed by atoms with E-state index in [0.29, 0.717) is 6.42 Å². The van der Waals surface area contributed by atoms with Crippen LogP contribution in [0.1, 0.15) is 44.2 Å². The maximum Gasteiger partial charge on any atom is 0.223 e. The molecule has 0 saturated carbocycles. The molecule has 1 unspecified atom stereocenters. The maximum absolute atomic E-state index is 12.3. The predicted molar refractivity (Wildman–Crippen MR) is 83.0 cm³/mol. The highest BCUT2D eigenvalue weighted by Gasteiger charge is 2.27. The molecule has 1 N–H and O–H groups in total. The highest BCUT2D eigenvalue weighted by atomic mass is 35.5. The van der Waals surface area contributed by atoms with Gasteiger partial charge in [-0.1, -0.05) is 25.8 Å². The van der Waals surface area contributed by atoms with E-state index in [2.05, 4.69) is 23.3 Å². The minimum Gasteiger partial charge on any atom is -0.333 e. The third-order valence-electron chi connectivity index (χ3n) is 3.63. The van der Waals surface area contributed by atoms with Crippen LogP contribution in [-0.4, -0.2) is 35.4 Å². The fraction of sp³-hybridized carbons (Fsp3) is 0.600. The minimum absolute atomic E-state index is 0. The van der Waals surface area contributed by atoms with Crippen molar-refractivity contribution >= 4 is 18.3 Å². The quantitative estimate of drug-likeness (QED) is 0.850. The van der Waals surface area contributed by atoms with Crippen LogP contribution in [0.25, 0.3) is 0 Å². The van der Waals surface area contributed by atoms with E-state index in [1.807, 2.05) is 17.2 Å². The topological polar surface area (TPSA) is 45.2 Å². The fourth-order valence-corrected chi connectivity index (χ4v) is 2.54. The van der Waals surface area contributed by atoms with Crippen LogP contribution in [0, 0.1) is 0 Å². The van der Waals surface area contributed by atoms with Gasteiger partial charge in [-0.2, -0.15) is 0 Å². The lowest BCUT2D eigenvalue weighted by molar-refractivity contribution is -0.134. The van der Waals surface area contributed by atoms with E-state index in [0.717, 1.165) is 44.5 Å². The number of hydrogen-bond acceptors (Lipinski definition) is 3. The average Bonchev–Trinajstić information content (AvgIpc) is 2.48. The van der Waals surface area contributed by atoms with E-state index in [-0.39, 0.29) is 24.4 Å². The highest BCUT2D eigenvalue weighted by Crippen LogP contribution is 2.22. The Kier molecular flexibility index (Phi) is 7.55. The summed E-state index contributed by atoms with van der Waals surface area (Å²) >= 11 is 0. The van der Waals surface area contributed by atoms with E-state index in [1.165, 1.54) is 0 Å². The molecule has 1 aromatic heterocycles. The van der Waals surface area contributed by atoms with E-state index < -0.39 is 0 Å². The molecule has 1 aliphatic rings. The molecule has 1 fully saturated rings. The summed E-state index contributed by atoms with van der Waals surface area (Å²) in [6.45, 7) is 4.67. The summed E-state index contributed by atoms with van der Waals surface area (Å²) in [6, 6.07) is 4.12. The Labute approximate surface area is 127 Å². The van der Waals surface area contributed by atoms with Crippen molar-refractivity contribution in [3.63, 3.8) is 0 Å². The maximum atomic E-state index is 12.3. The predicted octanol–water partition coefficient (Wildman–Crippen LogP) is 2.56. The second-order valence-electron chi connectivity index (χ2n) is 5.05. The molecular weight excluding hydrogens is 274 g/mol. The standard InChI is InChI=1S/C15H23N3O.ClH/c1-2-3-4-7-15(19)18-10-9-17-12-14(18)13-6-5-8-16-11-13;/h5-6,8,11,14,17H,2-4,7,9-10,12H2,1H3;1H. The normalized spacial score (nSPS) is 18.4. The van der Waals surface area contributed by atoms with Crippen LogP contribution in [0.15, 0.2) is 24.5 Å². The van der Waals surface area contributed by atoms with Crippen LogP contribution in [0.5, 0.6) is 0 Å². The first-order chi connectivity index (χ1) is 9.33. The summed E-state index contributed by atoms with van der Waals surface area (Å²) in [7, 11) is 0. The lowest BCUT2D eigenvalue weighted by Gasteiger charge is -2.36. The van der Waals surface area contributed by atoms with Crippen molar-refractivity contribution in [2.75, 3.05) is 19.6 Å². The SMILES string of the molecule is CCCCCC(=O)N1CCNCC1c1cccnc1.Cl. The zero-order chi connectivity index (χ0) is 13.5. The lowest BCUT2D eigenvalue weighted by atomic mass is 10.0. The number of halogens is 1. The lowest BCUT2D eigenvalue weighted by Crippen LogP contribution is -2.48. The van der Waals surface area contributed by atoms with Crippen molar-refractivity contribution in [2.24, 2.45) is 0 Å². The van der Waals surface area contributed by atoms with Crippen molar-refractivity contribution in [3.05, 3.63) is 30.1 Å². The zero-order valence-electron chi connectivity index (χ0n) is 12.0. The van der Waals surface area contributed by atoms with Gasteiger partial charge in [-0.3, -0.25) is 9.78 Å². The number of nitrogens with one attached hydrogen (secondary N) is 1. The highest BCUT2D eigenvalue weighted by molar-refractivity contribution is 5.85. The van der Waals surface area contributed by atoms with Crippen LogP contribution in [-0.2, 0) is 4.79 Å². The Morgan fingerprint density at radius 2 is 2.35 bits per heavy atom. The van der Waals surface area contributed by atoms with Gasteiger partial charge in [0.2, 0.25) is 5.91 Å². The Morgan fingerprint density at radius 1 is 1.50 bits per heavy atom. The van der Waals surface area contributed by atoms with Crippen LogP contribution < -0.4 is 5.32 Å². The summed E-state index contributed by atoms with van der Waals surface area (Å²) in [4.78, 5) is 18.5. The third-order valence-corrected chi connectivity index (χ3v) is 3.63. The van der Waals surface area contributed by atoms with Crippen LogP contribution >= 0.6 is 12.4 Å². The van der Waals surface area contributed by atoms with Crippen molar-refractivity contribution in [1.82, 2.24) is 15.2 Å². The first-order valence-electron chi connectivity index (χ1n) is 7.23. The Morgan fingerprint density at radius 3 is 3.05 bits per heavy atom. The number of pyridine rings is 1. The van der Waals surface area contributed by atoms with Gasteiger partial charge in [-0.05, 0) is 18.1 Å². The second-order valence-corrected chi connectivity index (χ2v) is 5.05. The largest absolute Gasteiger partial charge is 0.333 e. The Hall–Kier alpha value is -1.13. The molecule has 1 atom stereocenters. The molecule has 112 valence electrons. The molecule has 1 aliphatic heterocycles. The number of piperazine rings is 1. The molecule has 4 nitrogen and oxygen atoms in total. The number of carbonyl (C=O) groups is 1. The number of hydrogen-bond donors (Lipinski definition) is 1. The molecule has 20 heavy (non-hydrogen) atoms. The summed E-state index contributed by atoms with van der Waals surface area (Å²) in [5.74, 6) is 0.281. The van der Waals surface area contributed by atoms with Crippen molar-refractivity contribution in [2.45, 2.75) is 38.6 Å². The number of rotatable bonds is 5. The van der Waals surface area contributed by atoms with E-state index in [9.17, 15) is 4.79 Å². The summed E-state index contributed by atoms with van der Waals surface area (Å²) < 4.78 is 0. The smallest absolute Gasteiger partial charge is 0.223 e. The van der Waals surface area contributed by atoms with Gasteiger partial charge in [0.05, 0.1) is 6.04 Å². The molecule has 2 rings (SSSR count). The Balaban J connectivity index is 0.00000200. The van der Waals surface area contributed by atoms with E-state index in [1.54, 1.807) is 6.20 Å². The molecule has 0 aromatic carbocycles. The molecule has 0 spiro atoms. The monoisotopic (exact) mass is 297 g/mol. The number of unbranched alkanes of at least 4 members (excludes halogenated alkanes) is 2. The number of carbonyl (C=O) groups excluding carboxylic acids is 1. The van der Waals surface area contributed by atoms with Gasteiger partial charge >= 0.3 is 0 Å². The van der Waals surface area contributed by atoms with Crippen LogP contribution in [0.4, 0.5) is 0 Å². The Bertz CT molecular complexity index is 399. The van der Waals surface area contributed by atoms with Gasteiger partial charge in [0.15, 0.2) is 0 Å². The van der Waals surface area contributed by atoms with Gasteiger partial charge in [-0.15, -0.1) is 12.4 Å². The fourth-order valence-electron chi connectivity index (χ4n) is 2.54. The molecule has 2 heterocycles. The van der Waals surface area contributed by atoms with E-state index >= 15 is 0 Å². The summed E-state index contributed by atoms with van der Waals surface area (Å²) in [6.07, 6.45) is 7.59. The number of amides is 1. The molecule has 1 amide bonds. The van der Waals surface area contributed by atoms with Gasteiger partial charge in [-0.25, -0.2) is 0 Å². The van der Waals surface area contributed by atoms with Crippen LogP contribution in [0.2, 0.25) is 0 Å². The molecule has 5 heteroatoms. The van der Waals surface area contributed by atoms with Gasteiger partial charge < -0.3 is 10.2 Å². The molecule has 0 aliphatic carbocycles. The van der Waals surface area contributed by atoms with Gasteiger partial charge in [0.25, 0.3) is 0 Å². The molecule has 1 aromatic rings. The van der Waals surface area contributed by atoms with Crippen molar-refractivity contribution < 1.29 is 4.79 Å². The van der Waals surface area contributed by atoms with Gasteiger partial charge in [0, 0.05) is 38.4 Å².